The lowest BCUT2D eigenvalue weighted by molar-refractivity contribution is -0.889. The number of carbonyl (C=O) groups excluding carboxylic acids is 3. The van der Waals surface area contributed by atoms with Crippen LogP contribution in [0.1, 0.15) is 149 Å². The van der Waals surface area contributed by atoms with Crippen LogP contribution in [0, 0.1) is 0 Å². The zero-order chi connectivity index (χ0) is 32.9. The van der Waals surface area contributed by atoms with Gasteiger partial charge in [-0.3, -0.25) is 9.59 Å². The number of carbonyl (C=O) groups is 3. The Morgan fingerprint density at radius 1 is 0.659 bits per heavy atom. The molecule has 2 unspecified atom stereocenters. The van der Waals surface area contributed by atoms with E-state index < -0.39 is 18.1 Å². The summed E-state index contributed by atoms with van der Waals surface area (Å²) in [5.41, 5.74) is 0. The molecule has 0 N–H and O–H groups in total. The minimum absolute atomic E-state index is 0.0293. The molecule has 0 aliphatic rings. The van der Waals surface area contributed by atoms with Crippen LogP contribution in [0.4, 0.5) is 0 Å². The molecule has 0 bridgehead atoms. The fourth-order valence-electron chi connectivity index (χ4n) is 5.09. The minimum atomic E-state index is -1.13. The fourth-order valence-corrected chi connectivity index (χ4v) is 5.09. The van der Waals surface area contributed by atoms with Crippen LogP contribution in [0.15, 0.2) is 12.2 Å². The summed E-state index contributed by atoms with van der Waals surface area (Å²) in [6.45, 7) is 4.54. The van der Waals surface area contributed by atoms with E-state index in [4.69, 9.17) is 14.2 Å². The van der Waals surface area contributed by atoms with Gasteiger partial charge in [-0.05, 0) is 25.7 Å². The van der Waals surface area contributed by atoms with Crippen LogP contribution in [0.25, 0.3) is 0 Å². The summed E-state index contributed by atoms with van der Waals surface area (Å²) in [7, 11) is 5.38. The first-order valence-electron chi connectivity index (χ1n) is 17.7. The highest BCUT2D eigenvalue weighted by Crippen LogP contribution is 2.14. The second-order valence-corrected chi connectivity index (χ2v) is 13.1. The number of rotatable bonds is 31. The summed E-state index contributed by atoms with van der Waals surface area (Å²) in [4.78, 5) is 36.4. The monoisotopic (exact) mass is 625 g/mol. The smallest absolute Gasteiger partial charge is 0.306 e. The number of quaternary nitrogens is 1. The lowest BCUT2D eigenvalue weighted by Crippen LogP contribution is -2.55. The molecule has 0 saturated carbocycles. The first kappa shape index (κ1) is 42.1. The summed E-state index contributed by atoms with van der Waals surface area (Å²) >= 11 is 0. The zero-order valence-electron chi connectivity index (χ0n) is 29.1. The van der Waals surface area contributed by atoms with E-state index in [-0.39, 0.29) is 49.1 Å². The molecule has 0 spiro atoms. The number of carboxylic acid groups (broad SMARTS) is 1. The number of unbranched alkanes of at least 4 members (excludes halogenated alkanes) is 15. The van der Waals surface area contributed by atoms with E-state index in [0.29, 0.717) is 12.8 Å². The van der Waals surface area contributed by atoms with Crippen molar-refractivity contribution in [2.45, 2.75) is 161 Å². The normalized spacial score (nSPS) is 13.2. The number of ether oxygens (including phenoxy) is 3. The van der Waals surface area contributed by atoms with E-state index in [1.165, 1.54) is 77.0 Å². The molecule has 0 amide bonds. The van der Waals surface area contributed by atoms with Gasteiger partial charge in [-0.25, -0.2) is 0 Å². The number of carboxylic acids is 1. The number of likely N-dealkylation sites (N-methyl/N-ethyl adjacent to an activating group) is 1. The molecule has 8 nitrogen and oxygen atoms in total. The number of hydrogen-bond donors (Lipinski definition) is 0. The Balaban J connectivity index is 4.40. The van der Waals surface area contributed by atoms with Gasteiger partial charge in [0, 0.05) is 19.3 Å². The second-order valence-electron chi connectivity index (χ2n) is 13.1. The molecule has 0 aromatic heterocycles. The number of hydrogen-bond acceptors (Lipinski definition) is 7. The van der Waals surface area contributed by atoms with E-state index in [2.05, 4.69) is 19.9 Å². The van der Waals surface area contributed by atoms with E-state index in [0.717, 1.165) is 32.1 Å². The van der Waals surface area contributed by atoms with Crippen molar-refractivity contribution in [3.8, 4) is 0 Å². The van der Waals surface area contributed by atoms with E-state index in [1.54, 1.807) is 21.1 Å². The summed E-state index contributed by atoms with van der Waals surface area (Å²) < 4.78 is 16.9. The van der Waals surface area contributed by atoms with Crippen molar-refractivity contribution in [2.75, 3.05) is 41.0 Å². The fraction of sp³-hybridized carbons (Fsp3) is 0.861. The molecular formula is C36H67NO7. The summed E-state index contributed by atoms with van der Waals surface area (Å²) in [5, 5.41) is 11.5. The van der Waals surface area contributed by atoms with Crippen LogP contribution in [-0.2, 0) is 28.6 Å². The van der Waals surface area contributed by atoms with Gasteiger partial charge in [0.25, 0.3) is 0 Å². The predicted octanol–water partition coefficient (Wildman–Crippen LogP) is 7.07. The molecule has 0 fully saturated rings. The molecule has 8 heteroatoms. The third-order valence-corrected chi connectivity index (χ3v) is 7.92. The maximum atomic E-state index is 12.5. The molecule has 2 atom stereocenters. The molecule has 0 saturated heterocycles. The molecule has 0 aromatic rings. The van der Waals surface area contributed by atoms with Gasteiger partial charge in [-0.15, -0.1) is 0 Å². The van der Waals surface area contributed by atoms with Crippen molar-refractivity contribution < 1.29 is 38.2 Å². The molecule has 0 aliphatic heterocycles. The van der Waals surface area contributed by atoms with Crippen molar-refractivity contribution in [1.29, 1.82) is 0 Å². The predicted molar refractivity (Wildman–Crippen MR) is 176 cm³/mol. The van der Waals surface area contributed by atoms with Crippen molar-refractivity contribution in [3.05, 3.63) is 12.2 Å². The molecule has 44 heavy (non-hydrogen) atoms. The average Bonchev–Trinajstić information content (AvgIpc) is 2.96. The highest BCUT2D eigenvalue weighted by atomic mass is 16.6. The van der Waals surface area contributed by atoms with Gasteiger partial charge in [-0.2, -0.15) is 0 Å². The summed E-state index contributed by atoms with van der Waals surface area (Å²) in [5.74, 6) is -1.80. The van der Waals surface area contributed by atoms with E-state index in [1.807, 2.05) is 6.08 Å². The molecule has 0 aromatic carbocycles. The van der Waals surface area contributed by atoms with Crippen LogP contribution < -0.4 is 5.11 Å². The number of aliphatic carboxylic acids is 1. The molecule has 0 aliphatic carbocycles. The summed E-state index contributed by atoms with van der Waals surface area (Å²) in [6, 6.07) is -0.724. The maximum Gasteiger partial charge on any atom is 0.306 e. The van der Waals surface area contributed by atoms with Crippen LogP contribution in [0.3, 0.4) is 0 Å². The number of nitrogens with zero attached hydrogens (tertiary/aromatic N) is 1. The van der Waals surface area contributed by atoms with Gasteiger partial charge in [-0.1, -0.05) is 116 Å². The van der Waals surface area contributed by atoms with Gasteiger partial charge in [0.1, 0.15) is 12.6 Å². The van der Waals surface area contributed by atoms with E-state index in [9.17, 15) is 19.5 Å². The second kappa shape index (κ2) is 28.5. The largest absolute Gasteiger partial charge is 0.544 e. The SMILES string of the molecule is CCCCC/C=C/CCC(=O)OC(COCCC(C(=O)[O-])[N+](C)(C)C)COC(=O)CCCCCCCCCCCCCCC. The molecule has 0 heterocycles. The van der Waals surface area contributed by atoms with Crippen molar-refractivity contribution in [1.82, 2.24) is 0 Å². The molecule has 0 rings (SSSR count). The first-order valence-corrected chi connectivity index (χ1v) is 17.7. The van der Waals surface area contributed by atoms with Gasteiger partial charge >= 0.3 is 11.9 Å². The number of esters is 2. The average molecular weight is 626 g/mol. The summed E-state index contributed by atoms with van der Waals surface area (Å²) in [6.07, 6.45) is 25.5. The van der Waals surface area contributed by atoms with Crippen LogP contribution in [0.5, 0.6) is 0 Å². The number of allylic oxidation sites excluding steroid dienone is 2. The third kappa shape index (κ3) is 26.5. The van der Waals surface area contributed by atoms with Gasteiger partial charge in [0.05, 0.1) is 40.3 Å². The quantitative estimate of drug-likeness (QED) is 0.0351. The standard InChI is InChI=1S/C36H67NO7/c1-6-8-10-12-14-15-16-17-18-19-21-22-24-26-34(38)43-31-32(30-42-29-28-33(36(40)41)37(3,4)5)44-35(39)27-25-23-20-13-11-9-7-2/h20,23,32-33H,6-19,21-22,24-31H2,1-5H3/b23-20+. The Morgan fingerprint density at radius 2 is 1.18 bits per heavy atom. The molecule has 258 valence electrons. The highest BCUT2D eigenvalue weighted by molar-refractivity contribution is 5.70. The highest BCUT2D eigenvalue weighted by Gasteiger charge is 2.25. The van der Waals surface area contributed by atoms with Gasteiger partial charge < -0.3 is 28.6 Å². The van der Waals surface area contributed by atoms with Crippen molar-refractivity contribution in [2.24, 2.45) is 0 Å². The minimum Gasteiger partial charge on any atom is -0.544 e. The Morgan fingerprint density at radius 3 is 1.73 bits per heavy atom. The molecular weight excluding hydrogens is 558 g/mol. The van der Waals surface area contributed by atoms with E-state index >= 15 is 0 Å². The van der Waals surface area contributed by atoms with Crippen LogP contribution in [0.2, 0.25) is 0 Å². The zero-order valence-corrected chi connectivity index (χ0v) is 29.1. The van der Waals surface area contributed by atoms with Crippen LogP contribution >= 0.6 is 0 Å². The van der Waals surface area contributed by atoms with Crippen LogP contribution in [-0.4, -0.2) is 75.5 Å². The van der Waals surface area contributed by atoms with Gasteiger partial charge in [0.2, 0.25) is 0 Å². The van der Waals surface area contributed by atoms with Crippen molar-refractivity contribution in [3.63, 3.8) is 0 Å². The lowest BCUT2D eigenvalue weighted by atomic mass is 10.0. The Kier molecular flexibility index (Phi) is 27.3. The Bertz CT molecular complexity index is 747. The molecule has 0 radical (unpaired) electrons. The first-order chi connectivity index (χ1) is 21.1. The Labute approximate surface area is 269 Å². The lowest BCUT2D eigenvalue weighted by Gasteiger charge is -2.34. The third-order valence-electron chi connectivity index (χ3n) is 7.92. The topological polar surface area (TPSA) is 102 Å². The van der Waals surface area contributed by atoms with Gasteiger partial charge in [0.15, 0.2) is 6.10 Å². The van der Waals surface area contributed by atoms with Crippen molar-refractivity contribution >= 4 is 17.9 Å². The maximum absolute atomic E-state index is 12.5. The Hall–Kier alpha value is -1.93.